The first-order valence-corrected chi connectivity index (χ1v) is 8.24. The Morgan fingerprint density at radius 3 is 2.90 bits per heavy atom. The molecule has 0 aliphatic rings. The number of H-pyrrole nitrogens is 1. The van der Waals surface area contributed by atoms with Crippen LogP contribution in [0.15, 0.2) is 38.9 Å². The van der Waals surface area contributed by atoms with Crippen molar-refractivity contribution in [2.75, 3.05) is 0 Å². The van der Waals surface area contributed by atoms with E-state index in [1.165, 1.54) is 4.88 Å². The summed E-state index contributed by atoms with van der Waals surface area (Å²) < 4.78 is 1.10. The summed E-state index contributed by atoms with van der Waals surface area (Å²) in [6.45, 7) is 1.22. The van der Waals surface area contributed by atoms with Gasteiger partial charge >= 0.3 is 0 Å². The van der Waals surface area contributed by atoms with Crippen molar-refractivity contribution in [3.05, 3.63) is 60.2 Å². The maximum Gasteiger partial charge on any atom is 0.258 e. The molecule has 0 aliphatic heterocycles. The van der Waals surface area contributed by atoms with Crippen molar-refractivity contribution in [3.63, 3.8) is 0 Å². The van der Waals surface area contributed by atoms with E-state index in [-0.39, 0.29) is 5.56 Å². The van der Waals surface area contributed by atoms with Crippen LogP contribution in [0.2, 0.25) is 5.02 Å². The van der Waals surface area contributed by atoms with Gasteiger partial charge in [0.05, 0.1) is 21.2 Å². The number of rotatable bonds is 4. The van der Waals surface area contributed by atoms with Crippen LogP contribution in [0, 0.1) is 0 Å². The Morgan fingerprint density at radius 2 is 2.14 bits per heavy atom. The molecule has 2 N–H and O–H groups in total. The molecule has 0 atom stereocenters. The second-order valence-electron chi connectivity index (χ2n) is 4.48. The molecule has 0 amide bonds. The Bertz CT molecular complexity index is 846. The van der Waals surface area contributed by atoms with Crippen molar-refractivity contribution in [3.8, 4) is 0 Å². The van der Waals surface area contributed by atoms with Crippen LogP contribution < -0.4 is 10.9 Å². The summed E-state index contributed by atoms with van der Waals surface area (Å²) in [5.41, 5.74) is 0.467. The second kappa shape index (κ2) is 6.27. The van der Waals surface area contributed by atoms with Gasteiger partial charge < -0.3 is 10.3 Å². The van der Waals surface area contributed by atoms with E-state index in [4.69, 9.17) is 11.6 Å². The van der Waals surface area contributed by atoms with E-state index in [1.54, 1.807) is 29.5 Å². The molecule has 108 valence electrons. The fourth-order valence-corrected chi connectivity index (χ4v) is 3.61. The van der Waals surface area contributed by atoms with Gasteiger partial charge in [-0.15, -0.1) is 11.3 Å². The second-order valence-corrected chi connectivity index (χ2v) is 7.47. The molecule has 2 aromatic heterocycles. The number of fused-ring (bicyclic) bond motifs is 1. The molecule has 0 fully saturated rings. The first kappa shape index (κ1) is 14.7. The maximum atomic E-state index is 12.0. The lowest BCUT2D eigenvalue weighted by Crippen LogP contribution is -2.19. The van der Waals surface area contributed by atoms with Crippen molar-refractivity contribution in [2.45, 2.75) is 13.1 Å². The Kier molecular flexibility index (Phi) is 4.40. The van der Waals surface area contributed by atoms with E-state index >= 15 is 0 Å². The third kappa shape index (κ3) is 3.52. The fourth-order valence-electron chi connectivity index (χ4n) is 2.00. The summed E-state index contributed by atoms with van der Waals surface area (Å²) in [6.07, 6.45) is 0. The molecular weight excluding hydrogens is 374 g/mol. The number of nitrogens with zero attached hydrogens (tertiary/aromatic N) is 1. The van der Waals surface area contributed by atoms with Crippen LogP contribution in [0.5, 0.6) is 0 Å². The first-order chi connectivity index (χ1) is 10.1. The molecule has 0 saturated carbocycles. The zero-order valence-electron chi connectivity index (χ0n) is 10.8. The highest BCUT2D eigenvalue weighted by Gasteiger charge is 2.05. The van der Waals surface area contributed by atoms with Gasteiger partial charge in [-0.1, -0.05) is 11.6 Å². The molecule has 0 spiro atoms. The van der Waals surface area contributed by atoms with Crippen LogP contribution in [0.25, 0.3) is 10.9 Å². The van der Waals surface area contributed by atoms with Crippen molar-refractivity contribution >= 4 is 49.8 Å². The molecule has 3 rings (SSSR count). The molecule has 4 nitrogen and oxygen atoms in total. The zero-order chi connectivity index (χ0) is 14.8. The largest absolute Gasteiger partial charge is 0.309 e. The Balaban J connectivity index is 1.76. The highest BCUT2D eigenvalue weighted by Crippen LogP contribution is 2.21. The van der Waals surface area contributed by atoms with Crippen LogP contribution in [-0.4, -0.2) is 9.97 Å². The molecule has 21 heavy (non-hydrogen) atoms. The average Bonchev–Trinajstić information content (AvgIpc) is 2.84. The maximum absolute atomic E-state index is 12.0. The number of aromatic nitrogens is 2. The Hall–Kier alpha value is -1.21. The molecule has 7 heteroatoms. The van der Waals surface area contributed by atoms with Gasteiger partial charge in [-0.3, -0.25) is 4.79 Å². The van der Waals surface area contributed by atoms with Gasteiger partial charge in [0.15, 0.2) is 0 Å². The van der Waals surface area contributed by atoms with Gasteiger partial charge in [0, 0.05) is 16.4 Å². The molecule has 3 aromatic rings. The van der Waals surface area contributed by atoms with Crippen molar-refractivity contribution in [1.29, 1.82) is 0 Å². The number of hydrogen-bond acceptors (Lipinski definition) is 4. The third-order valence-corrected chi connectivity index (χ3v) is 4.80. The van der Waals surface area contributed by atoms with Gasteiger partial charge in [-0.25, -0.2) is 4.98 Å². The molecule has 0 saturated heterocycles. The number of thiophene rings is 1. The SMILES string of the molecule is O=c1[nH]c(CNCc2ccc(Br)s2)nc2cc(Cl)ccc12. The summed E-state index contributed by atoms with van der Waals surface area (Å²) in [6, 6.07) is 9.14. The van der Waals surface area contributed by atoms with E-state index in [9.17, 15) is 4.79 Å². The number of benzene rings is 1. The highest BCUT2D eigenvalue weighted by atomic mass is 79.9. The standard InChI is InChI=1S/C14H11BrClN3OS/c15-12-4-2-9(21-12)6-17-7-13-18-11-5-8(16)1-3-10(11)14(20)19-13/h1-5,17H,6-7H2,(H,18,19,20). The predicted molar refractivity (Wildman–Crippen MR) is 89.9 cm³/mol. The third-order valence-electron chi connectivity index (χ3n) is 2.94. The average molecular weight is 385 g/mol. The van der Waals surface area contributed by atoms with Crippen LogP contribution in [0.4, 0.5) is 0 Å². The van der Waals surface area contributed by atoms with E-state index in [0.29, 0.717) is 28.3 Å². The minimum Gasteiger partial charge on any atom is -0.309 e. The van der Waals surface area contributed by atoms with E-state index < -0.39 is 0 Å². The van der Waals surface area contributed by atoms with Gasteiger partial charge in [0.25, 0.3) is 5.56 Å². The molecule has 1 aromatic carbocycles. The molecule has 0 radical (unpaired) electrons. The van der Waals surface area contributed by atoms with Crippen LogP contribution in [-0.2, 0) is 13.1 Å². The number of aromatic amines is 1. The summed E-state index contributed by atoms with van der Waals surface area (Å²) in [4.78, 5) is 20.4. The molecule has 0 bridgehead atoms. The van der Waals surface area contributed by atoms with Gasteiger partial charge in [0.1, 0.15) is 5.82 Å². The normalized spacial score (nSPS) is 11.1. The van der Waals surface area contributed by atoms with Gasteiger partial charge in [-0.05, 0) is 46.3 Å². The number of halogens is 2. The molecule has 2 heterocycles. The lowest BCUT2D eigenvalue weighted by atomic mass is 10.2. The zero-order valence-corrected chi connectivity index (χ0v) is 14.0. The lowest BCUT2D eigenvalue weighted by molar-refractivity contribution is 0.669. The van der Waals surface area contributed by atoms with Crippen LogP contribution in [0.1, 0.15) is 10.7 Å². The van der Waals surface area contributed by atoms with Crippen LogP contribution >= 0.6 is 38.9 Å². The van der Waals surface area contributed by atoms with Crippen molar-refractivity contribution in [1.82, 2.24) is 15.3 Å². The summed E-state index contributed by atoms with van der Waals surface area (Å²) >= 11 is 11.0. The summed E-state index contributed by atoms with van der Waals surface area (Å²) in [7, 11) is 0. The topological polar surface area (TPSA) is 57.8 Å². The molecule has 0 aliphatic carbocycles. The van der Waals surface area contributed by atoms with Crippen LogP contribution in [0.3, 0.4) is 0 Å². The lowest BCUT2D eigenvalue weighted by Gasteiger charge is -2.04. The minimum absolute atomic E-state index is 0.146. The van der Waals surface area contributed by atoms with Crippen molar-refractivity contribution < 1.29 is 0 Å². The Morgan fingerprint density at radius 1 is 1.29 bits per heavy atom. The van der Waals surface area contributed by atoms with Crippen molar-refractivity contribution in [2.24, 2.45) is 0 Å². The summed E-state index contributed by atoms with van der Waals surface area (Å²) in [5.74, 6) is 0.602. The molecular formula is C14H11BrClN3OS. The minimum atomic E-state index is -0.146. The first-order valence-electron chi connectivity index (χ1n) is 6.25. The smallest absolute Gasteiger partial charge is 0.258 e. The fraction of sp³-hybridized carbons (Fsp3) is 0.143. The van der Waals surface area contributed by atoms with E-state index in [0.717, 1.165) is 10.3 Å². The Labute approximate surface area is 138 Å². The predicted octanol–water partition coefficient (Wildman–Crippen LogP) is 3.69. The van der Waals surface area contributed by atoms with Gasteiger partial charge in [-0.2, -0.15) is 0 Å². The molecule has 0 unspecified atom stereocenters. The number of hydrogen-bond donors (Lipinski definition) is 2. The monoisotopic (exact) mass is 383 g/mol. The van der Waals surface area contributed by atoms with E-state index in [1.807, 2.05) is 6.07 Å². The van der Waals surface area contributed by atoms with Gasteiger partial charge in [0.2, 0.25) is 0 Å². The number of nitrogens with one attached hydrogen (secondary N) is 2. The van der Waals surface area contributed by atoms with E-state index in [2.05, 4.69) is 37.3 Å². The summed E-state index contributed by atoms with van der Waals surface area (Å²) in [5, 5.41) is 4.38. The highest BCUT2D eigenvalue weighted by molar-refractivity contribution is 9.11. The quantitative estimate of drug-likeness (QED) is 0.721.